The number of hydrogen-bond donors (Lipinski definition) is 5. The second kappa shape index (κ2) is 5.58. The first-order valence-corrected chi connectivity index (χ1v) is 4.29. The van der Waals surface area contributed by atoms with Crippen LogP contribution in [0.4, 0.5) is 4.79 Å². The maximum Gasteiger partial charge on any atom is 0.423 e. The number of fused-ring (bicyclic) bond motifs is 1. The number of aromatic nitrogens is 4. The summed E-state index contributed by atoms with van der Waals surface area (Å²) in [5.41, 5.74) is 0.675. The van der Waals surface area contributed by atoms with Crippen molar-refractivity contribution >= 4 is 17.3 Å². The molecule has 0 radical (unpaired) electrons. The lowest BCUT2D eigenvalue weighted by Crippen LogP contribution is -2.36. The van der Waals surface area contributed by atoms with E-state index in [1.807, 2.05) is 0 Å². The van der Waals surface area contributed by atoms with Gasteiger partial charge in [0.2, 0.25) is 0 Å². The fourth-order valence-electron chi connectivity index (χ4n) is 0.837. The van der Waals surface area contributed by atoms with E-state index in [2.05, 4.69) is 25.8 Å². The van der Waals surface area contributed by atoms with E-state index in [1.165, 1.54) is 12.7 Å². The van der Waals surface area contributed by atoms with Crippen LogP contribution < -0.4 is 11.4 Å². The zero-order valence-corrected chi connectivity index (χ0v) is 8.49. The third-order valence-electron chi connectivity index (χ3n) is 1.63. The van der Waals surface area contributed by atoms with Crippen molar-refractivity contribution < 1.29 is 15.0 Å². The number of aliphatic hydroxyl groups is 1. The number of hydrogen-bond acceptors (Lipinski definition) is 6. The minimum absolute atomic E-state index is 0.192. The monoisotopic (exact) mass is 242 g/mol. The predicted octanol–water partition coefficient (Wildman–Crippen LogP) is -1.56. The first kappa shape index (κ1) is 12.6. The summed E-state index contributed by atoms with van der Waals surface area (Å²) in [6.45, 7) is -0.671. The van der Waals surface area contributed by atoms with Crippen LogP contribution in [0, 0.1) is 0 Å². The Kier molecular flexibility index (Phi) is 4.14. The Morgan fingerprint density at radius 1 is 1.41 bits per heavy atom. The van der Waals surface area contributed by atoms with Crippen molar-refractivity contribution in [3.05, 3.63) is 23.0 Å². The normalized spacial score (nSPS) is 9.53. The first-order chi connectivity index (χ1) is 8.06. The Bertz CT molecular complexity index is 548. The van der Waals surface area contributed by atoms with Gasteiger partial charge in [-0.2, -0.15) is 0 Å². The second-order valence-electron chi connectivity index (χ2n) is 2.73. The smallest absolute Gasteiger partial charge is 0.423 e. The van der Waals surface area contributed by atoms with Crippen LogP contribution in [0.5, 0.6) is 0 Å². The third-order valence-corrected chi connectivity index (χ3v) is 1.63. The van der Waals surface area contributed by atoms with Gasteiger partial charge in [0.25, 0.3) is 5.56 Å². The molecule has 0 aliphatic heterocycles. The standard InChI is InChI=1S/C5H4N4O.C2H6N2O3/c10-5-3-4(7-1-6-3)8-2-9-5;3-4(1-5)2(6)7/h1-2H,(H2,6,7,8,9,10);5H,1,3H2,(H,6,7). The van der Waals surface area contributed by atoms with Crippen LogP contribution >= 0.6 is 0 Å². The van der Waals surface area contributed by atoms with Crippen LogP contribution in [0.3, 0.4) is 0 Å². The van der Waals surface area contributed by atoms with Crippen molar-refractivity contribution in [3.63, 3.8) is 0 Å². The lowest BCUT2D eigenvalue weighted by atomic mass is 10.6. The average molecular weight is 242 g/mol. The lowest BCUT2D eigenvalue weighted by molar-refractivity contribution is 0.0891. The van der Waals surface area contributed by atoms with Crippen LogP contribution in [0.1, 0.15) is 0 Å². The van der Waals surface area contributed by atoms with E-state index in [1.54, 1.807) is 0 Å². The van der Waals surface area contributed by atoms with E-state index in [-0.39, 0.29) is 10.6 Å². The Morgan fingerprint density at radius 2 is 2.00 bits per heavy atom. The van der Waals surface area contributed by atoms with Gasteiger partial charge in [-0.25, -0.2) is 25.6 Å². The number of amides is 1. The molecule has 92 valence electrons. The molecule has 2 aromatic heterocycles. The summed E-state index contributed by atoms with van der Waals surface area (Å²) >= 11 is 0. The number of hydrazine groups is 1. The third kappa shape index (κ3) is 3.25. The van der Waals surface area contributed by atoms with Crippen molar-refractivity contribution in [3.8, 4) is 0 Å². The van der Waals surface area contributed by atoms with Gasteiger partial charge in [-0.15, -0.1) is 0 Å². The van der Waals surface area contributed by atoms with E-state index in [0.717, 1.165) is 0 Å². The number of aromatic amines is 2. The molecule has 0 fully saturated rings. The minimum atomic E-state index is -1.34. The SMILES string of the molecule is NN(CO)C(=O)O.O=c1[nH]cnc2nc[nH]c12. The average Bonchev–Trinajstić information content (AvgIpc) is 2.78. The summed E-state index contributed by atoms with van der Waals surface area (Å²) in [5.74, 6) is 4.60. The van der Waals surface area contributed by atoms with Gasteiger partial charge < -0.3 is 20.2 Å². The second-order valence-corrected chi connectivity index (χ2v) is 2.73. The molecule has 0 bridgehead atoms. The molecule has 0 aliphatic carbocycles. The molecule has 17 heavy (non-hydrogen) atoms. The minimum Gasteiger partial charge on any atom is -0.464 e. The molecule has 2 aromatic rings. The van der Waals surface area contributed by atoms with Gasteiger partial charge >= 0.3 is 6.09 Å². The zero-order chi connectivity index (χ0) is 12.8. The predicted molar refractivity (Wildman–Crippen MR) is 55.6 cm³/mol. The van der Waals surface area contributed by atoms with E-state index < -0.39 is 12.8 Å². The van der Waals surface area contributed by atoms with Crippen LogP contribution in [-0.2, 0) is 0 Å². The fourth-order valence-corrected chi connectivity index (χ4v) is 0.837. The van der Waals surface area contributed by atoms with Gasteiger partial charge in [-0.3, -0.25) is 4.79 Å². The number of carboxylic acid groups (broad SMARTS) is 1. The molecule has 2 heterocycles. The summed E-state index contributed by atoms with van der Waals surface area (Å²) < 4.78 is 0. The summed E-state index contributed by atoms with van der Waals surface area (Å²) in [6, 6.07) is 0. The first-order valence-electron chi connectivity index (χ1n) is 4.29. The quantitative estimate of drug-likeness (QED) is 0.175. The topological polar surface area (TPSA) is 161 Å². The van der Waals surface area contributed by atoms with Crippen molar-refractivity contribution in [2.24, 2.45) is 5.84 Å². The number of rotatable bonds is 1. The van der Waals surface area contributed by atoms with Crippen LogP contribution in [0.2, 0.25) is 0 Å². The molecule has 2 rings (SSSR count). The molecule has 0 aromatic carbocycles. The number of imidazole rings is 1. The van der Waals surface area contributed by atoms with Gasteiger partial charge in [0.1, 0.15) is 6.73 Å². The van der Waals surface area contributed by atoms with E-state index in [9.17, 15) is 9.59 Å². The van der Waals surface area contributed by atoms with Crippen molar-refractivity contribution in [1.82, 2.24) is 24.9 Å². The number of nitrogens with two attached hydrogens (primary N) is 1. The molecule has 10 nitrogen and oxygen atoms in total. The highest BCUT2D eigenvalue weighted by molar-refractivity contribution is 5.67. The Morgan fingerprint density at radius 3 is 2.41 bits per heavy atom. The maximum absolute atomic E-state index is 10.9. The molecule has 10 heteroatoms. The van der Waals surface area contributed by atoms with Gasteiger partial charge in [0, 0.05) is 0 Å². The van der Waals surface area contributed by atoms with Gasteiger partial charge in [-0.05, 0) is 0 Å². The molecular weight excluding hydrogens is 232 g/mol. The zero-order valence-electron chi connectivity index (χ0n) is 8.49. The summed E-state index contributed by atoms with van der Waals surface area (Å²) in [5, 5.41) is 16.0. The number of aliphatic hydroxyl groups excluding tert-OH is 1. The molecular formula is C7H10N6O4. The van der Waals surface area contributed by atoms with Crippen LogP contribution in [0.25, 0.3) is 11.2 Å². The summed E-state index contributed by atoms with van der Waals surface area (Å²) in [6.07, 6.45) is 1.42. The molecule has 0 spiro atoms. The summed E-state index contributed by atoms with van der Waals surface area (Å²) in [7, 11) is 0. The highest BCUT2D eigenvalue weighted by atomic mass is 16.4. The Hall–Kier alpha value is -2.46. The molecule has 0 saturated carbocycles. The number of nitrogens with zero attached hydrogens (tertiary/aromatic N) is 3. The molecule has 0 atom stereocenters. The highest BCUT2D eigenvalue weighted by Crippen LogP contribution is 1.94. The number of carbonyl (C=O) groups is 1. The molecule has 0 unspecified atom stereocenters. The molecule has 0 saturated heterocycles. The maximum atomic E-state index is 10.9. The summed E-state index contributed by atoms with van der Waals surface area (Å²) in [4.78, 5) is 33.1. The lowest BCUT2D eigenvalue weighted by Gasteiger charge is -2.04. The Labute approximate surface area is 93.7 Å². The van der Waals surface area contributed by atoms with Crippen LogP contribution in [0.15, 0.2) is 17.4 Å². The van der Waals surface area contributed by atoms with Crippen molar-refractivity contribution in [2.75, 3.05) is 6.73 Å². The number of H-pyrrole nitrogens is 2. The molecule has 0 aliphatic rings. The van der Waals surface area contributed by atoms with Gasteiger partial charge in [0.15, 0.2) is 11.2 Å². The van der Waals surface area contributed by atoms with Gasteiger partial charge in [0.05, 0.1) is 12.7 Å². The van der Waals surface area contributed by atoms with E-state index in [0.29, 0.717) is 11.2 Å². The fraction of sp³-hybridized carbons (Fsp3) is 0.143. The molecule has 1 amide bonds. The number of nitrogens with one attached hydrogen (secondary N) is 2. The van der Waals surface area contributed by atoms with Crippen molar-refractivity contribution in [1.29, 1.82) is 0 Å². The Balaban J connectivity index is 0.000000185. The largest absolute Gasteiger partial charge is 0.464 e. The van der Waals surface area contributed by atoms with E-state index >= 15 is 0 Å². The van der Waals surface area contributed by atoms with Gasteiger partial charge in [-0.1, -0.05) is 0 Å². The van der Waals surface area contributed by atoms with E-state index in [4.69, 9.17) is 10.2 Å². The molecule has 6 N–H and O–H groups in total. The van der Waals surface area contributed by atoms with Crippen molar-refractivity contribution in [2.45, 2.75) is 0 Å². The van der Waals surface area contributed by atoms with Crippen LogP contribution in [-0.4, -0.2) is 48.0 Å². The highest BCUT2D eigenvalue weighted by Gasteiger charge is 2.00.